The van der Waals surface area contributed by atoms with Crippen LogP contribution in [0.25, 0.3) is 0 Å². The van der Waals surface area contributed by atoms with Gasteiger partial charge in [-0.3, -0.25) is 14.4 Å². The van der Waals surface area contributed by atoms with Gasteiger partial charge in [-0.2, -0.15) is 0 Å². The lowest BCUT2D eigenvalue weighted by Gasteiger charge is -2.18. The third-order valence-corrected chi connectivity index (χ3v) is 12.9. The third-order valence-electron chi connectivity index (χ3n) is 12.9. The fourth-order valence-corrected chi connectivity index (χ4v) is 8.33. The largest absolute Gasteiger partial charge is 0.462 e. The van der Waals surface area contributed by atoms with Gasteiger partial charge in [0.15, 0.2) is 6.10 Å². The van der Waals surface area contributed by atoms with E-state index in [9.17, 15) is 14.4 Å². The molecule has 0 rings (SSSR count). The minimum Gasteiger partial charge on any atom is -0.462 e. The number of carbonyl (C=O) groups excluding carboxylic acids is 3. The van der Waals surface area contributed by atoms with Gasteiger partial charge in [-0.05, 0) is 89.9 Å². The van der Waals surface area contributed by atoms with Crippen LogP contribution in [0.4, 0.5) is 0 Å². The lowest BCUT2D eigenvalue weighted by Crippen LogP contribution is -2.30. The van der Waals surface area contributed by atoms with Crippen molar-refractivity contribution in [3.63, 3.8) is 0 Å². The Kier molecular flexibility index (Phi) is 56.3. The Morgan fingerprint density at radius 2 is 0.521 bits per heavy atom. The number of esters is 3. The molecule has 0 saturated carbocycles. The van der Waals surface area contributed by atoms with Gasteiger partial charge in [0.2, 0.25) is 0 Å². The van der Waals surface area contributed by atoms with Crippen LogP contribution in [0, 0.1) is 0 Å². The van der Waals surface area contributed by atoms with Crippen LogP contribution in [-0.4, -0.2) is 37.2 Å². The van der Waals surface area contributed by atoms with Crippen LogP contribution < -0.4 is 0 Å². The van der Waals surface area contributed by atoms with Crippen molar-refractivity contribution >= 4 is 17.9 Å². The molecule has 0 fully saturated rings. The number of unbranched alkanes of at least 4 members (excludes halogenated alkanes) is 29. The molecule has 0 heterocycles. The summed E-state index contributed by atoms with van der Waals surface area (Å²) in [4.78, 5) is 38.2. The number of carbonyl (C=O) groups is 3. The first-order valence-corrected chi connectivity index (χ1v) is 30.1. The van der Waals surface area contributed by atoms with E-state index in [0.29, 0.717) is 19.3 Å². The van der Waals surface area contributed by atoms with E-state index in [1.807, 2.05) is 0 Å². The molecule has 0 N–H and O–H groups in total. The lowest BCUT2D eigenvalue weighted by atomic mass is 10.0. The van der Waals surface area contributed by atoms with Crippen molar-refractivity contribution < 1.29 is 28.6 Å². The summed E-state index contributed by atoms with van der Waals surface area (Å²) in [5.74, 6) is -1.01. The maximum absolute atomic E-state index is 12.8. The minimum absolute atomic E-state index is 0.112. The first kappa shape index (κ1) is 67.6. The highest BCUT2D eigenvalue weighted by atomic mass is 16.6. The summed E-state index contributed by atoms with van der Waals surface area (Å²) in [5.41, 5.74) is 0. The fourth-order valence-electron chi connectivity index (χ4n) is 8.33. The number of hydrogen-bond donors (Lipinski definition) is 0. The SMILES string of the molecule is CCCCC/C=C\C/C=C\C/C=C\C/C=C\CCCC(=O)OC(COC(=O)CCC/C=C\C/C=C\C/C=C\CCCCCCCC)COC(=O)CCCCCCCCCCCCCCCCCCCCC. The molecule has 6 heteroatoms. The Labute approximate surface area is 439 Å². The van der Waals surface area contributed by atoms with E-state index in [1.54, 1.807) is 0 Å². The molecule has 0 amide bonds. The average Bonchev–Trinajstić information content (AvgIpc) is 3.37. The van der Waals surface area contributed by atoms with Crippen molar-refractivity contribution in [1.29, 1.82) is 0 Å². The number of allylic oxidation sites excluding steroid dienone is 14. The van der Waals surface area contributed by atoms with Crippen LogP contribution in [-0.2, 0) is 28.6 Å². The highest BCUT2D eigenvalue weighted by Gasteiger charge is 2.19. The Morgan fingerprint density at radius 3 is 0.873 bits per heavy atom. The Bertz CT molecular complexity index is 1370. The Balaban J connectivity index is 4.50. The van der Waals surface area contributed by atoms with Crippen LogP contribution in [0.15, 0.2) is 85.1 Å². The summed E-state index contributed by atoms with van der Waals surface area (Å²) < 4.78 is 16.8. The van der Waals surface area contributed by atoms with E-state index in [4.69, 9.17) is 14.2 Å². The van der Waals surface area contributed by atoms with E-state index < -0.39 is 6.10 Å². The van der Waals surface area contributed by atoms with E-state index >= 15 is 0 Å². The van der Waals surface area contributed by atoms with Crippen molar-refractivity contribution in [2.24, 2.45) is 0 Å². The van der Waals surface area contributed by atoms with Gasteiger partial charge in [-0.1, -0.05) is 266 Å². The van der Waals surface area contributed by atoms with E-state index in [-0.39, 0.29) is 44.0 Å². The second-order valence-electron chi connectivity index (χ2n) is 19.9. The van der Waals surface area contributed by atoms with E-state index in [1.165, 1.54) is 173 Å². The van der Waals surface area contributed by atoms with Gasteiger partial charge in [0, 0.05) is 19.3 Å². The van der Waals surface area contributed by atoms with E-state index in [0.717, 1.165) is 64.2 Å². The van der Waals surface area contributed by atoms with Gasteiger partial charge in [0.25, 0.3) is 0 Å². The molecule has 71 heavy (non-hydrogen) atoms. The van der Waals surface area contributed by atoms with Gasteiger partial charge in [-0.15, -0.1) is 0 Å². The molecule has 0 spiro atoms. The summed E-state index contributed by atoms with van der Waals surface area (Å²) in [6, 6.07) is 0. The average molecular weight is 990 g/mol. The van der Waals surface area contributed by atoms with Crippen molar-refractivity contribution in [1.82, 2.24) is 0 Å². The minimum atomic E-state index is -0.825. The van der Waals surface area contributed by atoms with Crippen molar-refractivity contribution in [3.8, 4) is 0 Å². The normalized spacial score (nSPS) is 12.7. The summed E-state index contributed by atoms with van der Waals surface area (Å²) in [7, 11) is 0. The molecular formula is C65H112O6. The van der Waals surface area contributed by atoms with Crippen molar-refractivity contribution in [2.45, 2.75) is 297 Å². The van der Waals surface area contributed by atoms with Crippen LogP contribution >= 0.6 is 0 Å². The first-order valence-electron chi connectivity index (χ1n) is 30.1. The summed E-state index contributed by atoms with van der Waals surface area (Å²) in [6.07, 6.45) is 77.3. The van der Waals surface area contributed by atoms with Crippen LogP contribution in [0.2, 0.25) is 0 Å². The topological polar surface area (TPSA) is 78.9 Å². The molecule has 1 unspecified atom stereocenters. The van der Waals surface area contributed by atoms with Crippen molar-refractivity contribution in [2.75, 3.05) is 13.2 Å². The molecule has 408 valence electrons. The van der Waals surface area contributed by atoms with Crippen LogP contribution in [0.1, 0.15) is 290 Å². The maximum Gasteiger partial charge on any atom is 0.306 e. The third kappa shape index (κ3) is 57.4. The Morgan fingerprint density at radius 1 is 0.282 bits per heavy atom. The molecule has 6 nitrogen and oxygen atoms in total. The number of rotatable bonds is 54. The number of hydrogen-bond acceptors (Lipinski definition) is 6. The van der Waals surface area contributed by atoms with E-state index in [2.05, 4.69) is 106 Å². The standard InChI is InChI=1S/C65H112O6/c1-4-7-10-13-16-19-22-25-28-31-32-35-37-40-43-46-49-52-55-58-64(67)70-61-62(71-65(68)59-56-53-50-47-44-41-38-34-30-27-24-21-18-15-12-9-6-3)60-69-63(66)57-54-51-48-45-42-39-36-33-29-26-23-20-17-14-11-8-5-2/h18,21,26-27,29-30,36,38-39,41,45,47-48,50,62H,4-17,19-20,22-25,28,31-35,37,40,42-44,46,49,51-61H2,1-3H3/b21-18-,29-26-,30-27-,39-36-,41-38-,48-45-,50-47-. The molecule has 0 aliphatic rings. The molecule has 0 saturated heterocycles. The van der Waals surface area contributed by atoms with Gasteiger partial charge in [0.1, 0.15) is 13.2 Å². The monoisotopic (exact) mass is 989 g/mol. The predicted octanol–water partition coefficient (Wildman–Crippen LogP) is 20.3. The zero-order chi connectivity index (χ0) is 51.4. The van der Waals surface area contributed by atoms with Gasteiger partial charge < -0.3 is 14.2 Å². The first-order chi connectivity index (χ1) is 35.0. The smallest absolute Gasteiger partial charge is 0.306 e. The molecule has 0 aliphatic carbocycles. The van der Waals surface area contributed by atoms with Crippen LogP contribution in [0.3, 0.4) is 0 Å². The molecule has 0 bridgehead atoms. The second-order valence-corrected chi connectivity index (χ2v) is 19.9. The maximum atomic E-state index is 12.8. The quantitative estimate of drug-likeness (QED) is 0.0261. The molecule has 0 aliphatic heterocycles. The van der Waals surface area contributed by atoms with Gasteiger partial charge in [0.05, 0.1) is 0 Å². The van der Waals surface area contributed by atoms with Gasteiger partial charge >= 0.3 is 17.9 Å². The molecule has 1 atom stereocenters. The Hall–Kier alpha value is -3.41. The van der Waals surface area contributed by atoms with Crippen LogP contribution in [0.5, 0.6) is 0 Å². The molecule has 0 aromatic heterocycles. The van der Waals surface area contributed by atoms with Gasteiger partial charge in [-0.25, -0.2) is 0 Å². The lowest BCUT2D eigenvalue weighted by molar-refractivity contribution is -0.167. The highest BCUT2D eigenvalue weighted by molar-refractivity contribution is 5.71. The zero-order valence-electron chi connectivity index (χ0n) is 46.7. The summed E-state index contributed by atoms with van der Waals surface area (Å²) in [5, 5.41) is 0. The fraction of sp³-hybridized carbons (Fsp3) is 0.738. The zero-order valence-corrected chi connectivity index (χ0v) is 46.7. The highest BCUT2D eigenvalue weighted by Crippen LogP contribution is 2.16. The molecular weight excluding hydrogens is 877 g/mol. The molecule has 0 radical (unpaired) electrons. The predicted molar refractivity (Wildman–Crippen MR) is 307 cm³/mol. The summed E-state index contributed by atoms with van der Waals surface area (Å²) in [6.45, 7) is 6.54. The molecule has 0 aromatic rings. The second kappa shape index (κ2) is 59.2. The molecule has 0 aromatic carbocycles. The summed E-state index contributed by atoms with van der Waals surface area (Å²) >= 11 is 0. The number of ether oxygens (including phenoxy) is 3. The van der Waals surface area contributed by atoms with Crippen molar-refractivity contribution in [3.05, 3.63) is 85.1 Å².